The van der Waals surface area contributed by atoms with E-state index in [1.807, 2.05) is 0 Å². The number of rotatable bonds is 4. The molecule has 104 valence electrons. The van der Waals surface area contributed by atoms with Crippen molar-refractivity contribution in [3.05, 3.63) is 0 Å². The van der Waals surface area contributed by atoms with Crippen molar-refractivity contribution in [2.75, 3.05) is 19.7 Å². The van der Waals surface area contributed by atoms with Crippen molar-refractivity contribution in [3.63, 3.8) is 0 Å². The normalized spacial score (nSPS) is 28.7. The molecule has 4 nitrogen and oxygen atoms in total. The zero-order valence-corrected chi connectivity index (χ0v) is 10.5. The molecule has 2 fully saturated rings. The van der Waals surface area contributed by atoms with Gasteiger partial charge in [-0.3, -0.25) is 4.79 Å². The number of ether oxygens (including phenoxy) is 1. The molecule has 1 saturated heterocycles. The summed E-state index contributed by atoms with van der Waals surface area (Å²) in [7, 11) is 0. The Labute approximate surface area is 105 Å². The summed E-state index contributed by atoms with van der Waals surface area (Å²) in [6.07, 6.45) is 1.63. The number of halogens is 2. The Balaban J connectivity index is 1.65. The molecule has 1 atom stereocenters. The molecule has 1 heterocycles. The monoisotopic (exact) mass is 263 g/mol. The summed E-state index contributed by atoms with van der Waals surface area (Å²) >= 11 is 0. The van der Waals surface area contributed by atoms with Gasteiger partial charge in [-0.15, -0.1) is 5.06 Å². The summed E-state index contributed by atoms with van der Waals surface area (Å²) in [4.78, 5) is 15.8. The lowest BCUT2D eigenvalue weighted by Gasteiger charge is -2.37. The summed E-state index contributed by atoms with van der Waals surface area (Å²) in [6, 6.07) is 0. The van der Waals surface area contributed by atoms with Crippen molar-refractivity contribution in [2.45, 2.75) is 44.6 Å². The third-order valence-electron chi connectivity index (χ3n) is 3.34. The highest BCUT2D eigenvalue weighted by Gasteiger charge is 2.45. The van der Waals surface area contributed by atoms with Gasteiger partial charge in [-0.25, -0.2) is 8.78 Å². The number of nitrogens with zero attached hydrogens (tertiary/aromatic N) is 1. The van der Waals surface area contributed by atoms with E-state index in [4.69, 9.17) is 9.57 Å². The summed E-state index contributed by atoms with van der Waals surface area (Å²) in [5, 5.41) is 1.59. The summed E-state index contributed by atoms with van der Waals surface area (Å²) in [5.41, 5.74) is 0. The van der Waals surface area contributed by atoms with E-state index < -0.39 is 5.92 Å². The lowest BCUT2D eigenvalue weighted by molar-refractivity contribution is -0.205. The average molecular weight is 263 g/mol. The quantitative estimate of drug-likeness (QED) is 0.777. The van der Waals surface area contributed by atoms with Gasteiger partial charge in [0, 0.05) is 26.3 Å². The Kier molecular flexibility index (Phi) is 4.17. The molecule has 0 aromatic carbocycles. The predicted molar refractivity (Wildman–Crippen MR) is 60.0 cm³/mol. The van der Waals surface area contributed by atoms with Gasteiger partial charge in [0.2, 0.25) is 5.92 Å². The number of carbonyl (C=O) groups is 1. The number of hydroxylamine groups is 2. The lowest BCUT2D eigenvalue weighted by Crippen LogP contribution is -2.43. The van der Waals surface area contributed by atoms with Crippen LogP contribution >= 0.6 is 0 Å². The second-order valence-electron chi connectivity index (χ2n) is 5.20. The van der Waals surface area contributed by atoms with Gasteiger partial charge < -0.3 is 9.57 Å². The number of carbonyl (C=O) groups excluding carboxylic acids is 1. The molecule has 2 rings (SSSR count). The highest BCUT2D eigenvalue weighted by Crippen LogP contribution is 2.42. The van der Waals surface area contributed by atoms with Crippen LogP contribution in [0.25, 0.3) is 0 Å². The lowest BCUT2D eigenvalue weighted by atomic mass is 9.82. The smallest absolute Gasteiger partial charge is 0.322 e. The maximum atomic E-state index is 12.6. The van der Waals surface area contributed by atoms with E-state index in [0.717, 1.165) is 12.8 Å². The van der Waals surface area contributed by atoms with Gasteiger partial charge in [0.05, 0.1) is 19.3 Å². The molecule has 0 bridgehead atoms. The van der Waals surface area contributed by atoms with Crippen LogP contribution in [-0.2, 0) is 14.4 Å². The Bertz CT molecular complexity index is 304. The molecule has 6 heteroatoms. The van der Waals surface area contributed by atoms with Crippen LogP contribution in [0.3, 0.4) is 0 Å². The van der Waals surface area contributed by atoms with Gasteiger partial charge in [0.1, 0.15) is 0 Å². The molecule has 0 amide bonds. The molecule has 1 saturated carbocycles. The third kappa shape index (κ3) is 3.88. The standard InChI is InChI=1S/C12H19F2NO3/c1-9(16)18-15-4-2-3-11(7-15)17-8-10-5-12(13,14)6-10/h10-11H,2-8H2,1H3. The number of hydrogen-bond donors (Lipinski definition) is 0. The van der Waals surface area contributed by atoms with Crippen LogP contribution in [0.1, 0.15) is 32.6 Å². The number of piperidine rings is 1. The fraction of sp³-hybridized carbons (Fsp3) is 0.917. The van der Waals surface area contributed by atoms with Crippen molar-refractivity contribution >= 4 is 5.97 Å². The van der Waals surface area contributed by atoms with E-state index in [9.17, 15) is 13.6 Å². The average Bonchev–Trinajstić information content (AvgIpc) is 2.23. The SMILES string of the molecule is CC(=O)ON1CCCC(OCC2CC(F)(F)C2)C1. The molecule has 2 aliphatic rings. The Morgan fingerprint density at radius 1 is 1.44 bits per heavy atom. The van der Waals surface area contributed by atoms with Gasteiger partial charge >= 0.3 is 5.97 Å². The molecule has 18 heavy (non-hydrogen) atoms. The van der Waals surface area contributed by atoms with E-state index in [1.54, 1.807) is 5.06 Å². The molecule has 1 unspecified atom stereocenters. The summed E-state index contributed by atoms with van der Waals surface area (Å²) in [5.74, 6) is -2.84. The van der Waals surface area contributed by atoms with Crippen LogP contribution < -0.4 is 0 Å². The van der Waals surface area contributed by atoms with Gasteiger partial charge in [-0.05, 0) is 18.8 Å². The van der Waals surface area contributed by atoms with Crippen LogP contribution in [0.4, 0.5) is 8.78 Å². The zero-order valence-electron chi connectivity index (χ0n) is 10.5. The van der Waals surface area contributed by atoms with E-state index in [2.05, 4.69) is 0 Å². The van der Waals surface area contributed by atoms with Crippen molar-refractivity contribution in [1.82, 2.24) is 5.06 Å². The van der Waals surface area contributed by atoms with Crippen LogP contribution in [-0.4, -0.2) is 42.8 Å². The Morgan fingerprint density at radius 2 is 2.17 bits per heavy atom. The molecule has 1 aliphatic carbocycles. The second-order valence-corrected chi connectivity index (χ2v) is 5.20. The molecule has 0 N–H and O–H groups in total. The van der Waals surface area contributed by atoms with E-state index in [1.165, 1.54) is 6.92 Å². The van der Waals surface area contributed by atoms with Crippen LogP contribution in [0.2, 0.25) is 0 Å². The fourth-order valence-corrected chi connectivity index (χ4v) is 2.48. The molecule has 0 aromatic rings. The van der Waals surface area contributed by atoms with Crippen LogP contribution in [0.5, 0.6) is 0 Å². The summed E-state index contributed by atoms with van der Waals surface area (Å²) in [6.45, 7) is 2.98. The maximum absolute atomic E-state index is 12.6. The van der Waals surface area contributed by atoms with Gasteiger partial charge in [0.25, 0.3) is 0 Å². The van der Waals surface area contributed by atoms with Crippen molar-refractivity contribution in [2.24, 2.45) is 5.92 Å². The predicted octanol–water partition coefficient (Wildman–Crippen LogP) is 1.99. The zero-order chi connectivity index (χ0) is 13.2. The highest BCUT2D eigenvalue weighted by molar-refractivity contribution is 5.65. The third-order valence-corrected chi connectivity index (χ3v) is 3.34. The Hall–Kier alpha value is -0.750. The second kappa shape index (κ2) is 5.48. The van der Waals surface area contributed by atoms with Crippen LogP contribution in [0, 0.1) is 5.92 Å². The minimum atomic E-state index is -2.48. The molecular formula is C12H19F2NO3. The number of hydrogen-bond acceptors (Lipinski definition) is 4. The van der Waals surface area contributed by atoms with Crippen molar-refractivity contribution in [3.8, 4) is 0 Å². The maximum Gasteiger partial charge on any atom is 0.322 e. The topological polar surface area (TPSA) is 38.8 Å². The van der Waals surface area contributed by atoms with Crippen LogP contribution in [0.15, 0.2) is 0 Å². The molecule has 1 aliphatic heterocycles. The first-order valence-corrected chi connectivity index (χ1v) is 6.37. The largest absolute Gasteiger partial charge is 0.376 e. The van der Waals surface area contributed by atoms with E-state index >= 15 is 0 Å². The first-order valence-electron chi connectivity index (χ1n) is 6.37. The Morgan fingerprint density at radius 3 is 2.78 bits per heavy atom. The van der Waals surface area contributed by atoms with E-state index in [-0.39, 0.29) is 30.8 Å². The molecule has 0 spiro atoms. The van der Waals surface area contributed by atoms with Gasteiger partial charge in [-0.2, -0.15) is 0 Å². The minimum absolute atomic E-state index is 0.0210. The highest BCUT2D eigenvalue weighted by atomic mass is 19.3. The van der Waals surface area contributed by atoms with Crippen molar-refractivity contribution in [1.29, 1.82) is 0 Å². The summed E-state index contributed by atoms with van der Waals surface area (Å²) < 4.78 is 30.9. The van der Waals surface area contributed by atoms with Crippen molar-refractivity contribution < 1.29 is 23.1 Å². The van der Waals surface area contributed by atoms with Gasteiger partial charge in [0.15, 0.2) is 0 Å². The van der Waals surface area contributed by atoms with E-state index in [0.29, 0.717) is 19.7 Å². The molecular weight excluding hydrogens is 244 g/mol. The number of alkyl halides is 2. The van der Waals surface area contributed by atoms with Gasteiger partial charge in [-0.1, -0.05) is 0 Å². The first kappa shape index (κ1) is 13.7. The molecule has 0 radical (unpaired) electrons. The molecule has 0 aromatic heterocycles. The first-order chi connectivity index (χ1) is 8.44. The fourth-order valence-electron chi connectivity index (χ4n) is 2.48. The minimum Gasteiger partial charge on any atom is -0.376 e.